The van der Waals surface area contributed by atoms with Gasteiger partial charge in [0.05, 0.1) is 18.6 Å². The average molecular weight is 322 g/mol. The van der Waals surface area contributed by atoms with Crippen LogP contribution in [0.2, 0.25) is 0 Å². The zero-order chi connectivity index (χ0) is 15.7. The number of rotatable bonds is 5. The fourth-order valence-electron chi connectivity index (χ4n) is 2.52. The fourth-order valence-corrected chi connectivity index (χ4v) is 3.84. The standard InChI is InChI=1S/C12H22N2O6S/c1-12(2)19-8-10(20-12)6-13-21(17,18)14-5-3-4-9(7-14)11(15)16/h9-10,13H,3-8H2,1-2H3,(H,15,16). The van der Waals surface area contributed by atoms with Crippen molar-refractivity contribution in [3.63, 3.8) is 0 Å². The van der Waals surface area contributed by atoms with Crippen LogP contribution in [-0.2, 0) is 24.5 Å². The van der Waals surface area contributed by atoms with Crippen molar-refractivity contribution < 1.29 is 27.8 Å². The molecule has 0 aliphatic carbocycles. The number of aliphatic carboxylic acids is 1. The van der Waals surface area contributed by atoms with E-state index < -0.39 is 27.9 Å². The Morgan fingerprint density at radius 2 is 2.19 bits per heavy atom. The largest absolute Gasteiger partial charge is 0.481 e. The highest BCUT2D eigenvalue weighted by Gasteiger charge is 2.35. The number of hydrogen-bond acceptors (Lipinski definition) is 5. The molecule has 2 N–H and O–H groups in total. The molecule has 2 rings (SSSR count). The molecule has 2 fully saturated rings. The fraction of sp³-hybridized carbons (Fsp3) is 0.917. The van der Waals surface area contributed by atoms with Gasteiger partial charge >= 0.3 is 5.97 Å². The van der Waals surface area contributed by atoms with E-state index in [1.165, 1.54) is 4.31 Å². The minimum atomic E-state index is -3.69. The van der Waals surface area contributed by atoms with E-state index in [4.69, 9.17) is 14.6 Å². The van der Waals surface area contributed by atoms with E-state index in [1.54, 1.807) is 13.8 Å². The summed E-state index contributed by atoms with van der Waals surface area (Å²) < 4.78 is 38.9. The summed E-state index contributed by atoms with van der Waals surface area (Å²) in [5.41, 5.74) is 0. The molecule has 0 bridgehead atoms. The second-order valence-corrected chi connectivity index (χ2v) is 7.59. The molecule has 0 spiro atoms. The van der Waals surface area contributed by atoms with Gasteiger partial charge in [-0.25, -0.2) is 0 Å². The monoisotopic (exact) mass is 322 g/mol. The van der Waals surface area contributed by atoms with Gasteiger partial charge in [0.2, 0.25) is 0 Å². The molecule has 122 valence electrons. The van der Waals surface area contributed by atoms with Crippen molar-refractivity contribution in [2.75, 3.05) is 26.2 Å². The third kappa shape index (κ3) is 4.36. The molecule has 0 aromatic carbocycles. The third-order valence-corrected chi connectivity index (χ3v) is 5.18. The Labute approximate surface area is 124 Å². The van der Waals surface area contributed by atoms with Crippen molar-refractivity contribution in [1.82, 2.24) is 9.03 Å². The van der Waals surface area contributed by atoms with E-state index in [1.807, 2.05) is 0 Å². The quantitative estimate of drug-likeness (QED) is 0.724. The van der Waals surface area contributed by atoms with Crippen molar-refractivity contribution in [2.24, 2.45) is 5.92 Å². The zero-order valence-electron chi connectivity index (χ0n) is 12.2. The maximum absolute atomic E-state index is 12.2. The van der Waals surface area contributed by atoms with E-state index in [-0.39, 0.29) is 19.2 Å². The summed E-state index contributed by atoms with van der Waals surface area (Å²) in [7, 11) is -3.69. The van der Waals surface area contributed by atoms with E-state index in [0.29, 0.717) is 26.0 Å². The summed E-state index contributed by atoms with van der Waals surface area (Å²) in [6.45, 7) is 4.32. The maximum atomic E-state index is 12.2. The molecular formula is C12H22N2O6S. The number of hydrogen-bond donors (Lipinski definition) is 2. The van der Waals surface area contributed by atoms with Crippen molar-refractivity contribution in [2.45, 2.75) is 38.6 Å². The SMILES string of the molecule is CC1(C)OCC(CNS(=O)(=O)N2CCCC(C(=O)O)C2)O1. The van der Waals surface area contributed by atoms with Crippen LogP contribution in [-0.4, -0.2) is 61.9 Å². The normalized spacial score (nSPS) is 30.4. The highest BCUT2D eigenvalue weighted by molar-refractivity contribution is 7.87. The molecular weight excluding hydrogens is 300 g/mol. The van der Waals surface area contributed by atoms with Crippen LogP contribution in [0.25, 0.3) is 0 Å². The smallest absolute Gasteiger partial charge is 0.307 e. The number of carboxylic acid groups (broad SMARTS) is 1. The van der Waals surface area contributed by atoms with Gasteiger partial charge in [0.25, 0.3) is 10.2 Å². The first-order valence-corrected chi connectivity index (χ1v) is 8.43. The lowest BCUT2D eigenvalue weighted by Gasteiger charge is -2.30. The van der Waals surface area contributed by atoms with Crippen LogP contribution in [0, 0.1) is 5.92 Å². The number of nitrogens with one attached hydrogen (secondary N) is 1. The summed E-state index contributed by atoms with van der Waals surface area (Å²) in [5, 5.41) is 9.00. The van der Waals surface area contributed by atoms with E-state index in [9.17, 15) is 13.2 Å². The minimum Gasteiger partial charge on any atom is -0.481 e. The molecule has 0 saturated carbocycles. The molecule has 8 nitrogen and oxygen atoms in total. The highest BCUT2D eigenvalue weighted by atomic mass is 32.2. The Kier molecular flexibility index (Phi) is 4.89. The number of nitrogens with zero attached hydrogens (tertiary/aromatic N) is 1. The predicted molar refractivity (Wildman–Crippen MR) is 73.8 cm³/mol. The van der Waals surface area contributed by atoms with Crippen LogP contribution in [0.15, 0.2) is 0 Å². The van der Waals surface area contributed by atoms with E-state index in [2.05, 4.69) is 4.72 Å². The number of carboxylic acids is 1. The van der Waals surface area contributed by atoms with Crippen molar-refractivity contribution in [3.8, 4) is 0 Å². The number of piperidine rings is 1. The lowest BCUT2D eigenvalue weighted by Crippen LogP contribution is -2.49. The van der Waals surface area contributed by atoms with Gasteiger partial charge < -0.3 is 14.6 Å². The molecule has 21 heavy (non-hydrogen) atoms. The van der Waals surface area contributed by atoms with Gasteiger partial charge in [-0.3, -0.25) is 4.79 Å². The first-order chi connectivity index (χ1) is 9.70. The second-order valence-electron chi connectivity index (χ2n) is 5.84. The molecule has 2 saturated heterocycles. The van der Waals surface area contributed by atoms with Crippen LogP contribution in [0.1, 0.15) is 26.7 Å². The summed E-state index contributed by atoms with van der Waals surface area (Å²) >= 11 is 0. The third-order valence-electron chi connectivity index (χ3n) is 3.63. The number of carbonyl (C=O) groups is 1. The van der Waals surface area contributed by atoms with Crippen LogP contribution >= 0.6 is 0 Å². The van der Waals surface area contributed by atoms with Crippen molar-refractivity contribution in [1.29, 1.82) is 0 Å². The Bertz CT molecular complexity index is 492. The van der Waals surface area contributed by atoms with Gasteiger partial charge in [-0.15, -0.1) is 0 Å². The second kappa shape index (κ2) is 6.17. The molecule has 9 heteroatoms. The topological polar surface area (TPSA) is 105 Å². The van der Waals surface area contributed by atoms with Crippen molar-refractivity contribution in [3.05, 3.63) is 0 Å². The number of ether oxygens (including phenoxy) is 2. The van der Waals surface area contributed by atoms with Gasteiger partial charge in [0.15, 0.2) is 5.79 Å². The predicted octanol–water partition coefficient (Wildman–Crippen LogP) is -0.231. The Balaban J connectivity index is 1.88. The lowest BCUT2D eigenvalue weighted by atomic mass is 10.0. The summed E-state index contributed by atoms with van der Waals surface area (Å²) in [5.74, 6) is -2.29. The van der Waals surface area contributed by atoms with Crippen molar-refractivity contribution >= 4 is 16.2 Å². The van der Waals surface area contributed by atoms with Crippen LogP contribution in [0.5, 0.6) is 0 Å². The van der Waals surface area contributed by atoms with Gasteiger partial charge in [0, 0.05) is 19.6 Å². The molecule has 0 radical (unpaired) electrons. The minimum absolute atomic E-state index is 0.0121. The molecule has 2 unspecified atom stereocenters. The van der Waals surface area contributed by atoms with Crippen LogP contribution in [0.3, 0.4) is 0 Å². The summed E-state index contributed by atoms with van der Waals surface area (Å²) in [6.07, 6.45) is 0.720. The average Bonchev–Trinajstić information content (AvgIpc) is 2.76. The summed E-state index contributed by atoms with van der Waals surface area (Å²) in [6, 6.07) is 0. The van der Waals surface area contributed by atoms with Gasteiger partial charge in [0.1, 0.15) is 0 Å². The molecule has 2 aliphatic rings. The molecule has 0 amide bonds. The first kappa shape index (κ1) is 16.6. The first-order valence-electron chi connectivity index (χ1n) is 6.99. The van der Waals surface area contributed by atoms with Gasteiger partial charge in [-0.1, -0.05) is 0 Å². The molecule has 2 atom stereocenters. The Morgan fingerprint density at radius 3 is 2.76 bits per heavy atom. The van der Waals surface area contributed by atoms with E-state index in [0.717, 1.165) is 0 Å². The maximum Gasteiger partial charge on any atom is 0.307 e. The van der Waals surface area contributed by atoms with E-state index >= 15 is 0 Å². The van der Waals surface area contributed by atoms with Crippen LogP contribution in [0.4, 0.5) is 0 Å². The molecule has 0 aromatic rings. The Hall–Kier alpha value is -0.740. The zero-order valence-corrected chi connectivity index (χ0v) is 13.1. The molecule has 2 heterocycles. The highest BCUT2D eigenvalue weighted by Crippen LogP contribution is 2.22. The molecule has 2 aliphatic heterocycles. The van der Waals surface area contributed by atoms with Gasteiger partial charge in [-0.2, -0.15) is 17.4 Å². The Morgan fingerprint density at radius 1 is 1.48 bits per heavy atom. The molecule has 0 aromatic heterocycles. The van der Waals surface area contributed by atoms with Crippen LogP contribution < -0.4 is 4.72 Å². The summed E-state index contributed by atoms with van der Waals surface area (Å²) in [4.78, 5) is 11.0. The lowest BCUT2D eigenvalue weighted by molar-refractivity contribution is -0.143. The van der Waals surface area contributed by atoms with Gasteiger partial charge in [-0.05, 0) is 26.7 Å².